The molecule has 0 amide bonds. The highest BCUT2D eigenvalue weighted by Gasteiger charge is 2.21. The van der Waals surface area contributed by atoms with Crippen molar-refractivity contribution in [1.29, 1.82) is 0 Å². The smallest absolute Gasteiger partial charge is 0.213 e. The first-order chi connectivity index (χ1) is 9.85. The Morgan fingerprint density at radius 3 is 3.00 bits per heavy atom. The lowest BCUT2D eigenvalue weighted by Crippen LogP contribution is -2.29. The number of hydrogen-bond donors (Lipinski definition) is 1. The van der Waals surface area contributed by atoms with Gasteiger partial charge in [-0.2, -0.15) is 0 Å². The molecule has 4 nitrogen and oxygen atoms in total. The first-order valence-electron chi connectivity index (χ1n) is 6.80. The zero-order valence-electron chi connectivity index (χ0n) is 11.5. The molecule has 4 heteroatoms. The largest absolute Gasteiger partial charge is 0.488 e. The van der Waals surface area contributed by atoms with Gasteiger partial charge in [-0.3, -0.25) is 0 Å². The fourth-order valence-electron chi connectivity index (χ4n) is 2.40. The second kappa shape index (κ2) is 5.92. The van der Waals surface area contributed by atoms with E-state index in [1.165, 1.54) is 5.56 Å². The third-order valence-electron chi connectivity index (χ3n) is 3.38. The van der Waals surface area contributed by atoms with Crippen molar-refractivity contribution >= 4 is 0 Å². The molecule has 1 aliphatic heterocycles. The second-order valence-electron chi connectivity index (χ2n) is 4.85. The number of pyridine rings is 1. The number of rotatable bonds is 5. The zero-order valence-corrected chi connectivity index (χ0v) is 11.5. The lowest BCUT2D eigenvalue weighted by molar-refractivity contribution is 0.227. The molecule has 20 heavy (non-hydrogen) atoms. The van der Waals surface area contributed by atoms with Crippen LogP contribution in [0.5, 0.6) is 11.6 Å². The fraction of sp³-hybridized carbons (Fsp3) is 0.312. The maximum Gasteiger partial charge on any atom is 0.213 e. The molecular formula is C16H18N2O2. The molecule has 0 saturated carbocycles. The summed E-state index contributed by atoms with van der Waals surface area (Å²) in [7, 11) is 1.63. The van der Waals surface area contributed by atoms with Gasteiger partial charge in [-0.15, -0.1) is 0 Å². The molecule has 1 unspecified atom stereocenters. The van der Waals surface area contributed by atoms with Crippen LogP contribution >= 0.6 is 0 Å². The van der Waals surface area contributed by atoms with E-state index in [0.717, 1.165) is 24.4 Å². The maximum atomic E-state index is 5.88. The van der Waals surface area contributed by atoms with Gasteiger partial charge in [0.15, 0.2) is 0 Å². The Balaban J connectivity index is 1.49. The molecular weight excluding hydrogens is 252 g/mol. The highest BCUT2D eigenvalue weighted by molar-refractivity contribution is 5.37. The quantitative estimate of drug-likeness (QED) is 0.904. The molecule has 1 N–H and O–H groups in total. The van der Waals surface area contributed by atoms with E-state index in [9.17, 15) is 0 Å². The third kappa shape index (κ3) is 2.91. The maximum absolute atomic E-state index is 5.88. The van der Waals surface area contributed by atoms with Crippen LogP contribution in [0.4, 0.5) is 0 Å². The molecule has 1 atom stereocenters. The molecule has 2 aromatic rings. The van der Waals surface area contributed by atoms with E-state index < -0.39 is 0 Å². The summed E-state index contributed by atoms with van der Waals surface area (Å²) < 4.78 is 11.0. The van der Waals surface area contributed by atoms with Gasteiger partial charge >= 0.3 is 0 Å². The van der Waals surface area contributed by atoms with Crippen LogP contribution in [0.3, 0.4) is 0 Å². The predicted molar refractivity (Wildman–Crippen MR) is 77.1 cm³/mol. The van der Waals surface area contributed by atoms with E-state index in [0.29, 0.717) is 12.4 Å². The van der Waals surface area contributed by atoms with Gasteiger partial charge in [-0.1, -0.05) is 24.3 Å². The van der Waals surface area contributed by atoms with E-state index in [4.69, 9.17) is 9.47 Å². The van der Waals surface area contributed by atoms with Crippen molar-refractivity contribution in [2.45, 2.75) is 19.1 Å². The van der Waals surface area contributed by atoms with E-state index >= 15 is 0 Å². The number of hydrogen-bond acceptors (Lipinski definition) is 4. The van der Waals surface area contributed by atoms with Gasteiger partial charge in [-0.25, -0.2) is 4.98 Å². The molecule has 1 aromatic carbocycles. The normalized spacial score (nSPS) is 16.6. The van der Waals surface area contributed by atoms with Crippen molar-refractivity contribution in [3.63, 3.8) is 0 Å². The van der Waals surface area contributed by atoms with Crippen molar-refractivity contribution in [1.82, 2.24) is 10.3 Å². The molecule has 2 heterocycles. The average molecular weight is 270 g/mol. The summed E-state index contributed by atoms with van der Waals surface area (Å²) in [5.74, 6) is 1.66. The second-order valence-corrected chi connectivity index (χ2v) is 4.85. The van der Waals surface area contributed by atoms with Crippen molar-refractivity contribution in [3.05, 3.63) is 53.7 Å². The van der Waals surface area contributed by atoms with Crippen LogP contribution in [0.2, 0.25) is 0 Å². The SMILES string of the molecule is COc1cccc(CNCC2Cc3ccccc3O2)n1. The minimum absolute atomic E-state index is 0.206. The van der Waals surface area contributed by atoms with E-state index in [2.05, 4.69) is 22.4 Å². The highest BCUT2D eigenvalue weighted by Crippen LogP contribution is 2.27. The number of aromatic nitrogens is 1. The Bertz CT molecular complexity index is 561. The molecule has 0 bridgehead atoms. The molecule has 1 aliphatic rings. The summed E-state index contributed by atoms with van der Waals surface area (Å²) in [6, 6.07) is 14.0. The van der Waals surface area contributed by atoms with Gasteiger partial charge in [0.25, 0.3) is 0 Å². The summed E-state index contributed by atoms with van der Waals surface area (Å²) in [6.07, 6.45) is 1.17. The molecule has 0 spiro atoms. The molecule has 3 rings (SSSR count). The summed E-state index contributed by atoms with van der Waals surface area (Å²) in [5, 5.41) is 3.39. The molecule has 0 saturated heterocycles. The monoisotopic (exact) mass is 270 g/mol. The molecule has 1 aromatic heterocycles. The van der Waals surface area contributed by atoms with Gasteiger partial charge in [0.2, 0.25) is 5.88 Å². The van der Waals surface area contributed by atoms with Gasteiger partial charge in [0.05, 0.1) is 12.8 Å². The highest BCUT2D eigenvalue weighted by atomic mass is 16.5. The Kier molecular flexibility index (Phi) is 3.83. The van der Waals surface area contributed by atoms with Gasteiger partial charge in [0.1, 0.15) is 11.9 Å². The Labute approximate surface area is 118 Å². The summed E-state index contributed by atoms with van der Waals surface area (Å²) in [5.41, 5.74) is 2.26. The lowest BCUT2D eigenvalue weighted by atomic mass is 10.1. The van der Waals surface area contributed by atoms with Crippen LogP contribution in [-0.4, -0.2) is 24.7 Å². The van der Waals surface area contributed by atoms with Gasteiger partial charge in [-0.05, 0) is 17.7 Å². The topological polar surface area (TPSA) is 43.4 Å². The zero-order chi connectivity index (χ0) is 13.8. The standard InChI is InChI=1S/C16H18N2O2/c1-19-16-8-4-6-13(18-16)10-17-11-14-9-12-5-2-3-7-15(12)20-14/h2-8,14,17H,9-11H2,1H3. The van der Waals surface area contributed by atoms with E-state index in [1.807, 2.05) is 30.3 Å². The number of benzene rings is 1. The Morgan fingerprint density at radius 2 is 2.15 bits per heavy atom. The van der Waals surface area contributed by atoms with Gasteiger partial charge in [0, 0.05) is 25.6 Å². The number of fused-ring (bicyclic) bond motifs is 1. The summed E-state index contributed by atoms with van der Waals surface area (Å²) >= 11 is 0. The number of nitrogens with one attached hydrogen (secondary N) is 1. The lowest BCUT2D eigenvalue weighted by Gasteiger charge is -2.11. The van der Waals surface area contributed by atoms with Crippen molar-refractivity contribution in [2.24, 2.45) is 0 Å². The van der Waals surface area contributed by atoms with Crippen LogP contribution in [0.1, 0.15) is 11.3 Å². The van der Waals surface area contributed by atoms with Crippen LogP contribution in [-0.2, 0) is 13.0 Å². The van der Waals surface area contributed by atoms with Gasteiger partial charge < -0.3 is 14.8 Å². The number of methoxy groups -OCH3 is 1. The minimum atomic E-state index is 0.206. The predicted octanol–water partition coefficient (Wildman–Crippen LogP) is 2.18. The fourth-order valence-corrected chi connectivity index (χ4v) is 2.40. The van der Waals surface area contributed by atoms with Crippen LogP contribution in [0.15, 0.2) is 42.5 Å². The average Bonchev–Trinajstić information content (AvgIpc) is 2.90. The van der Waals surface area contributed by atoms with E-state index in [-0.39, 0.29) is 6.10 Å². The number of ether oxygens (including phenoxy) is 2. The van der Waals surface area contributed by atoms with Crippen LogP contribution in [0, 0.1) is 0 Å². The molecule has 0 radical (unpaired) electrons. The number of nitrogens with zero attached hydrogens (tertiary/aromatic N) is 1. The molecule has 0 fully saturated rings. The third-order valence-corrected chi connectivity index (χ3v) is 3.38. The van der Waals surface area contributed by atoms with E-state index in [1.54, 1.807) is 7.11 Å². The van der Waals surface area contributed by atoms with Crippen molar-refractivity contribution in [3.8, 4) is 11.6 Å². The molecule has 104 valence electrons. The first-order valence-corrected chi connectivity index (χ1v) is 6.80. The van der Waals surface area contributed by atoms with Crippen molar-refractivity contribution < 1.29 is 9.47 Å². The number of para-hydroxylation sites is 1. The minimum Gasteiger partial charge on any atom is -0.488 e. The van der Waals surface area contributed by atoms with Crippen molar-refractivity contribution in [2.75, 3.05) is 13.7 Å². The summed E-state index contributed by atoms with van der Waals surface area (Å²) in [6.45, 7) is 1.53. The van der Waals surface area contributed by atoms with Crippen LogP contribution < -0.4 is 14.8 Å². The van der Waals surface area contributed by atoms with Crippen LogP contribution in [0.25, 0.3) is 0 Å². The first kappa shape index (κ1) is 12.9. The Morgan fingerprint density at radius 1 is 1.25 bits per heavy atom. The summed E-state index contributed by atoms with van der Waals surface area (Å²) in [4.78, 5) is 4.37. The Hall–Kier alpha value is -2.07. The molecule has 0 aliphatic carbocycles.